The van der Waals surface area contributed by atoms with Gasteiger partial charge in [0.2, 0.25) is 4.73 Å². The lowest BCUT2D eigenvalue weighted by atomic mass is 10.1. The second-order valence-electron chi connectivity index (χ2n) is 5.28. The summed E-state index contributed by atoms with van der Waals surface area (Å²) in [5, 5.41) is 16.6. The maximum atomic E-state index is 12.5. The van der Waals surface area contributed by atoms with Crippen molar-refractivity contribution in [2.24, 2.45) is 15.7 Å². The summed E-state index contributed by atoms with van der Waals surface area (Å²) in [5.74, 6) is -0.953. The second kappa shape index (κ2) is 7.01. The third-order valence-corrected chi connectivity index (χ3v) is 4.08. The molecular formula is C15H15BrN7O2-. The van der Waals surface area contributed by atoms with E-state index >= 15 is 0 Å². The van der Waals surface area contributed by atoms with Gasteiger partial charge in [-0.1, -0.05) is 0 Å². The van der Waals surface area contributed by atoms with E-state index in [1.807, 2.05) is 0 Å². The van der Waals surface area contributed by atoms with Gasteiger partial charge in [0.25, 0.3) is 5.91 Å². The summed E-state index contributed by atoms with van der Waals surface area (Å²) in [4.78, 5) is 26.0. The number of hydrogen-bond donors (Lipinski definition) is 1. The molecule has 1 amide bonds. The van der Waals surface area contributed by atoms with Gasteiger partial charge in [-0.15, -0.1) is 5.10 Å². The summed E-state index contributed by atoms with van der Waals surface area (Å²) in [6, 6.07) is 3.22. The number of aromatic nitrogens is 3. The first-order valence-corrected chi connectivity index (χ1v) is 8.29. The summed E-state index contributed by atoms with van der Waals surface area (Å²) >= 11 is 3.18. The molecule has 2 aromatic heterocycles. The van der Waals surface area contributed by atoms with Crippen LogP contribution in [-0.4, -0.2) is 57.2 Å². The standard InChI is InChI=1S/C15H16BrN7O2/c1-18-12(10(8-17)14(25)22-4-2-5-22)13(24)19-9-3-6-23-11(7-9)20-15(16)21-23/h3,6-8H,2,4-5,17H2,1H3,(H,19,24)/p-1. The number of carbonyl (C=O) groups is 1. The van der Waals surface area contributed by atoms with Crippen molar-refractivity contribution in [3.63, 3.8) is 0 Å². The molecule has 1 aliphatic heterocycles. The van der Waals surface area contributed by atoms with Gasteiger partial charge in [-0.3, -0.25) is 14.8 Å². The average Bonchev–Trinajstić information content (AvgIpc) is 2.89. The third kappa shape index (κ3) is 3.38. The zero-order chi connectivity index (χ0) is 18.0. The molecule has 0 unspecified atom stereocenters. The van der Waals surface area contributed by atoms with Crippen LogP contribution in [0.2, 0.25) is 0 Å². The lowest BCUT2D eigenvalue weighted by molar-refractivity contribution is -0.209. The topological polar surface area (TPSA) is 124 Å². The molecule has 0 atom stereocenters. The minimum absolute atomic E-state index is 0.0576. The predicted octanol–water partition coefficient (Wildman–Crippen LogP) is 0.0278. The summed E-state index contributed by atoms with van der Waals surface area (Å²) in [6.07, 6.45) is 3.68. The maximum absolute atomic E-state index is 12.5. The quantitative estimate of drug-likeness (QED) is 0.437. The Hall–Kier alpha value is -2.75. The molecule has 2 aromatic rings. The van der Waals surface area contributed by atoms with Crippen LogP contribution < -0.4 is 10.8 Å². The van der Waals surface area contributed by atoms with E-state index in [2.05, 4.69) is 36.0 Å². The molecule has 1 aliphatic rings. The fraction of sp³-hybridized carbons (Fsp3) is 0.267. The van der Waals surface area contributed by atoms with Gasteiger partial charge in [-0.2, -0.15) is 0 Å². The van der Waals surface area contributed by atoms with Crippen molar-refractivity contribution in [3.05, 3.63) is 34.8 Å². The van der Waals surface area contributed by atoms with Crippen LogP contribution in [0.25, 0.3) is 5.65 Å². The molecule has 1 fully saturated rings. The summed E-state index contributed by atoms with van der Waals surface area (Å²) in [6.45, 7) is 1.30. The Bertz CT molecular complexity index is 912. The molecule has 3 heterocycles. The number of likely N-dealkylation sites (tertiary alicyclic amines) is 1. The van der Waals surface area contributed by atoms with Gasteiger partial charge in [-0.05, 0) is 28.4 Å². The van der Waals surface area contributed by atoms with Gasteiger partial charge < -0.3 is 15.7 Å². The predicted molar refractivity (Wildman–Crippen MR) is 94.6 cm³/mol. The molecular weight excluding hydrogens is 390 g/mol. The van der Waals surface area contributed by atoms with E-state index in [1.54, 1.807) is 27.7 Å². The Kier molecular flexibility index (Phi) is 4.79. The second-order valence-corrected chi connectivity index (χ2v) is 5.99. The van der Waals surface area contributed by atoms with Crippen LogP contribution in [0.1, 0.15) is 6.42 Å². The van der Waals surface area contributed by atoms with Crippen molar-refractivity contribution in [3.8, 4) is 0 Å². The van der Waals surface area contributed by atoms with Crippen LogP contribution in [0.3, 0.4) is 0 Å². The Morgan fingerprint density at radius 2 is 2.24 bits per heavy atom. The SMILES string of the molecule is CN=C(C(=CN)C(=O)N1CCC1)C([O-])=Nc1ccn2nc(Br)nc2c1. The van der Waals surface area contributed by atoms with Crippen LogP contribution in [0.5, 0.6) is 0 Å². The monoisotopic (exact) mass is 404 g/mol. The first kappa shape index (κ1) is 17.1. The molecule has 10 heteroatoms. The highest BCUT2D eigenvalue weighted by atomic mass is 79.9. The molecule has 0 saturated carbocycles. The molecule has 0 bridgehead atoms. The minimum atomic E-state index is -0.643. The zero-order valence-corrected chi connectivity index (χ0v) is 15.0. The van der Waals surface area contributed by atoms with E-state index in [0.717, 1.165) is 12.6 Å². The first-order chi connectivity index (χ1) is 12.0. The number of hydrogen-bond acceptors (Lipinski definition) is 7. The molecule has 25 heavy (non-hydrogen) atoms. The fourth-order valence-electron chi connectivity index (χ4n) is 2.36. The molecule has 2 N–H and O–H groups in total. The number of amides is 1. The van der Waals surface area contributed by atoms with E-state index in [0.29, 0.717) is 29.2 Å². The van der Waals surface area contributed by atoms with Crippen LogP contribution in [-0.2, 0) is 4.79 Å². The normalized spacial score (nSPS) is 16.2. The number of fused-ring (bicyclic) bond motifs is 1. The molecule has 9 nitrogen and oxygen atoms in total. The fourth-order valence-corrected chi connectivity index (χ4v) is 2.71. The molecule has 130 valence electrons. The van der Waals surface area contributed by atoms with Gasteiger partial charge in [-0.25, -0.2) is 9.50 Å². The Balaban J connectivity index is 1.90. The lowest BCUT2D eigenvalue weighted by Crippen LogP contribution is -2.46. The smallest absolute Gasteiger partial charge is 0.257 e. The van der Waals surface area contributed by atoms with Crippen LogP contribution >= 0.6 is 15.9 Å². The molecule has 3 rings (SSSR count). The van der Waals surface area contributed by atoms with Gasteiger partial charge in [0.1, 0.15) is 0 Å². The van der Waals surface area contributed by atoms with Gasteiger partial charge in [0.15, 0.2) is 5.65 Å². The largest absolute Gasteiger partial charge is 0.857 e. The molecule has 0 aliphatic carbocycles. The number of nitrogens with two attached hydrogens (primary N) is 1. The van der Waals surface area contributed by atoms with E-state index < -0.39 is 5.90 Å². The van der Waals surface area contributed by atoms with Crippen LogP contribution in [0, 0.1) is 0 Å². The Morgan fingerprint density at radius 1 is 1.48 bits per heavy atom. The Morgan fingerprint density at radius 3 is 2.84 bits per heavy atom. The van der Waals surface area contributed by atoms with Gasteiger partial charge >= 0.3 is 0 Å². The first-order valence-electron chi connectivity index (χ1n) is 7.50. The summed E-state index contributed by atoms with van der Waals surface area (Å²) in [7, 11) is 1.43. The molecule has 0 radical (unpaired) electrons. The average molecular weight is 405 g/mol. The molecule has 0 aromatic carbocycles. The highest BCUT2D eigenvalue weighted by Gasteiger charge is 2.26. The molecule has 0 spiro atoms. The van der Waals surface area contributed by atoms with Crippen molar-refractivity contribution < 1.29 is 9.90 Å². The van der Waals surface area contributed by atoms with E-state index in [-0.39, 0.29) is 17.2 Å². The highest BCUT2D eigenvalue weighted by molar-refractivity contribution is 9.10. The highest BCUT2D eigenvalue weighted by Crippen LogP contribution is 2.17. The number of halogens is 1. The minimum Gasteiger partial charge on any atom is -0.857 e. The Labute approximate surface area is 151 Å². The molecule has 1 saturated heterocycles. The van der Waals surface area contributed by atoms with Crippen molar-refractivity contribution in [2.45, 2.75) is 6.42 Å². The van der Waals surface area contributed by atoms with Crippen LogP contribution in [0.15, 0.2) is 44.8 Å². The summed E-state index contributed by atoms with van der Waals surface area (Å²) in [5.41, 5.74) is 6.46. The summed E-state index contributed by atoms with van der Waals surface area (Å²) < 4.78 is 1.97. The van der Waals surface area contributed by atoms with Crippen molar-refractivity contribution >= 4 is 44.8 Å². The van der Waals surface area contributed by atoms with Gasteiger partial charge in [0.05, 0.1) is 17.0 Å². The van der Waals surface area contributed by atoms with Crippen molar-refractivity contribution in [1.29, 1.82) is 0 Å². The van der Waals surface area contributed by atoms with E-state index in [4.69, 9.17) is 5.73 Å². The van der Waals surface area contributed by atoms with E-state index in [1.165, 1.54) is 7.05 Å². The zero-order valence-electron chi connectivity index (χ0n) is 13.4. The van der Waals surface area contributed by atoms with Gasteiger partial charge in [0, 0.05) is 44.5 Å². The maximum Gasteiger partial charge on any atom is 0.257 e. The van der Waals surface area contributed by atoms with Crippen molar-refractivity contribution in [1.82, 2.24) is 19.5 Å². The number of carbonyl (C=O) groups excluding carboxylic acids is 1. The van der Waals surface area contributed by atoms with Crippen LogP contribution in [0.4, 0.5) is 5.69 Å². The number of rotatable bonds is 4. The van der Waals surface area contributed by atoms with Crippen molar-refractivity contribution in [2.75, 3.05) is 20.1 Å². The number of aliphatic imine (C=N–C) groups is 2. The number of nitrogens with zero attached hydrogens (tertiary/aromatic N) is 6. The third-order valence-electron chi connectivity index (χ3n) is 3.75. The number of pyridine rings is 1. The van der Waals surface area contributed by atoms with E-state index in [9.17, 15) is 9.90 Å². The lowest BCUT2D eigenvalue weighted by Gasteiger charge is -2.32.